The highest BCUT2D eigenvalue weighted by molar-refractivity contribution is 7.09. The molecule has 1 saturated heterocycles. The molecule has 1 fully saturated rings. The SMILES string of the molecule is COC(=O)CN(CCc1ccc(Cl)cc1Cl)C(=O)CC1C(=O)N(CCc2ccc(Cl)cc2Cl)CC(=O)N1CCc1cccs1. The number of ether oxygens (including phenoxy) is 1. The number of benzene rings is 2. The molecule has 1 aliphatic rings. The van der Waals surface area contributed by atoms with Crippen LogP contribution in [0.15, 0.2) is 53.9 Å². The molecular weight excluding hydrogens is 668 g/mol. The molecule has 44 heavy (non-hydrogen) atoms. The first kappa shape index (κ1) is 34.1. The summed E-state index contributed by atoms with van der Waals surface area (Å²) >= 11 is 26.3. The van der Waals surface area contributed by atoms with Crippen LogP contribution in [-0.2, 0) is 43.2 Å². The number of nitrogens with zero attached hydrogens (tertiary/aromatic N) is 3. The Balaban J connectivity index is 1.53. The summed E-state index contributed by atoms with van der Waals surface area (Å²) in [7, 11) is 1.24. The van der Waals surface area contributed by atoms with Gasteiger partial charge in [-0.1, -0.05) is 64.6 Å². The highest BCUT2D eigenvalue weighted by atomic mass is 35.5. The third-order valence-electron chi connectivity index (χ3n) is 7.40. The largest absolute Gasteiger partial charge is 0.468 e. The molecule has 1 aromatic heterocycles. The van der Waals surface area contributed by atoms with E-state index in [-0.39, 0.29) is 51.0 Å². The Morgan fingerprint density at radius 2 is 1.59 bits per heavy atom. The summed E-state index contributed by atoms with van der Waals surface area (Å²) in [4.78, 5) is 58.7. The van der Waals surface area contributed by atoms with Crippen LogP contribution in [0, 0.1) is 0 Å². The maximum absolute atomic E-state index is 13.9. The molecule has 8 nitrogen and oxygen atoms in total. The topological polar surface area (TPSA) is 87.2 Å². The third kappa shape index (κ3) is 9.11. The smallest absolute Gasteiger partial charge is 0.325 e. The van der Waals surface area contributed by atoms with Gasteiger partial charge in [0.25, 0.3) is 0 Å². The minimum absolute atomic E-state index is 0.111. The molecule has 1 unspecified atom stereocenters. The van der Waals surface area contributed by atoms with Crippen LogP contribution in [0.5, 0.6) is 0 Å². The number of piperazine rings is 1. The fourth-order valence-electron chi connectivity index (χ4n) is 4.97. The molecule has 3 aromatic rings. The van der Waals surface area contributed by atoms with Gasteiger partial charge in [-0.05, 0) is 66.1 Å². The second kappa shape index (κ2) is 16.0. The van der Waals surface area contributed by atoms with Gasteiger partial charge in [-0.3, -0.25) is 19.2 Å². The maximum Gasteiger partial charge on any atom is 0.325 e. The maximum atomic E-state index is 13.9. The van der Waals surface area contributed by atoms with E-state index >= 15 is 0 Å². The quantitative estimate of drug-likeness (QED) is 0.210. The van der Waals surface area contributed by atoms with Crippen LogP contribution in [-0.4, -0.2) is 84.3 Å². The summed E-state index contributed by atoms with van der Waals surface area (Å²) in [6.45, 7) is 0.217. The monoisotopic (exact) mass is 697 g/mol. The van der Waals surface area contributed by atoms with Gasteiger partial charge in [0.05, 0.1) is 20.1 Å². The lowest BCUT2D eigenvalue weighted by Crippen LogP contribution is -2.61. The number of carbonyl (C=O) groups excluding carboxylic acids is 4. The van der Waals surface area contributed by atoms with Crippen molar-refractivity contribution >= 4 is 81.4 Å². The normalized spacial score (nSPS) is 15.1. The zero-order valence-electron chi connectivity index (χ0n) is 23.9. The fourth-order valence-corrected chi connectivity index (χ4v) is 6.67. The number of hydrogen-bond donors (Lipinski definition) is 0. The van der Waals surface area contributed by atoms with E-state index in [0.29, 0.717) is 39.4 Å². The Morgan fingerprint density at radius 3 is 2.18 bits per heavy atom. The van der Waals surface area contributed by atoms with E-state index in [2.05, 4.69) is 0 Å². The second-order valence-corrected chi connectivity index (χ2v) is 13.0. The number of methoxy groups -OCH3 is 1. The zero-order valence-corrected chi connectivity index (χ0v) is 27.8. The zero-order chi connectivity index (χ0) is 31.8. The first-order valence-corrected chi connectivity index (χ1v) is 16.3. The van der Waals surface area contributed by atoms with Crippen molar-refractivity contribution in [2.45, 2.75) is 31.7 Å². The van der Waals surface area contributed by atoms with E-state index < -0.39 is 17.9 Å². The molecule has 2 heterocycles. The summed E-state index contributed by atoms with van der Waals surface area (Å²) < 4.78 is 4.83. The van der Waals surface area contributed by atoms with E-state index in [9.17, 15) is 19.2 Å². The molecule has 0 spiro atoms. The Labute approximate surface area is 280 Å². The highest BCUT2D eigenvalue weighted by Gasteiger charge is 2.41. The van der Waals surface area contributed by atoms with Crippen LogP contribution < -0.4 is 0 Å². The van der Waals surface area contributed by atoms with Crippen molar-refractivity contribution in [3.05, 3.63) is 90.0 Å². The van der Waals surface area contributed by atoms with Crippen molar-refractivity contribution in [2.24, 2.45) is 0 Å². The minimum atomic E-state index is -1.04. The molecule has 0 bridgehead atoms. The van der Waals surface area contributed by atoms with Gasteiger partial charge in [-0.2, -0.15) is 0 Å². The number of esters is 1. The summed E-state index contributed by atoms with van der Waals surface area (Å²) in [5.41, 5.74) is 1.53. The van der Waals surface area contributed by atoms with Gasteiger partial charge in [0.2, 0.25) is 17.7 Å². The molecule has 4 rings (SSSR count). The Hall–Kier alpha value is -2.82. The van der Waals surface area contributed by atoms with Crippen molar-refractivity contribution in [2.75, 3.05) is 39.8 Å². The molecule has 2 aromatic carbocycles. The molecule has 13 heteroatoms. The molecule has 3 amide bonds. The molecule has 1 atom stereocenters. The number of halogens is 4. The number of thiophene rings is 1. The Bertz CT molecular complexity index is 1500. The van der Waals surface area contributed by atoms with Crippen molar-refractivity contribution in [3.8, 4) is 0 Å². The lowest BCUT2D eigenvalue weighted by molar-refractivity contribution is -0.158. The summed E-state index contributed by atoms with van der Waals surface area (Å²) in [6, 6.07) is 13.0. The van der Waals surface area contributed by atoms with Gasteiger partial charge in [0.1, 0.15) is 12.6 Å². The minimum Gasteiger partial charge on any atom is -0.468 e. The van der Waals surface area contributed by atoms with E-state index in [0.717, 1.165) is 16.0 Å². The van der Waals surface area contributed by atoms with E-state index in [1.54, 1.807) is 47.7 Å². The average molecular weight is 699 g/mol. The molecule has 0 saturated carbocycles. The summed E-state index contributed by atoms with van der Waals surface area (Å²) in [5.74, 6) is -1.67. The third-order valence-corrected chi connectivity index (χ3v) is 9.51. The Kier molecular flexibility index (Phi) is 12.3. The molecular formula is C31H31Cl4N3O5S. The van der Waals surface area contributed by atoms with Gasteiger partial charge in [0.15, 0.2) is 0 Å². The van der Waals surface area contributed by atoms with Gasteiger partial charge < -0.3 is 19.4 Å². The van der Waals surface area contributed by atoms with Crippen LogP contribution in [0.4, 0.5) is 0 Å². The van der Waals surface area contributed by atoms with Crippen molar-refractivity contribution < 1.29 is 23.9 Å². The van der Waals surface area contributed by atoms with E-state index in [4.69, 9.17) is 51.1 Å². The van der Waals surface area contributed by atoms with E-state index in [1.165, 1.54) is 21.8 Å². The van der Waals surface area contributed by atoms with Gasteiger partial charge in [-0.15, -0.1) is 11.3 Å². The predicted molar refractivity (Wildman–Crippen MR) is 174 cm³/mol. The number of rotatable bonds is 13. The van der Waals surface area contributed by atoms with Crippen molar-refractivity contribution in [1.82, 2.24) is 14.7 Å². The first-order chi connectivity index (χ1) is 21.0. The van der Waals surface area contributed by atoms with Gasteiger partial charge >= 0.3 is 5.97 Å². The lowest BCUT2D eigenvalue weighted by atomic mass is 10.0. The highest BCUT2D eigenvalue weighted by Crippen LogP contribution is 2.25. The summed E-state index contributed by atoms with van der Waals surface area (Å²) in [5, 5.41) is 3.83. The van der Waals surface area contributed by atoms with Gasteiger partial charge in [0, 0.05) is 44.6 Å². The predicted octanol–water partition coefficient (Wildman–Crippen LogP) is 5.82. The van der Waals surface area contributed by atoms with Crippen LogP contribution in [0.25, 0.3) is 0 Å². The molecule has 0 radical (unpaired) electrons. The lowest BCUT2D eigenvalue weighted by Gasteiger charge is -2.40. The van der Waals surface area contributed by atoms with Crippen LogP contribution in [0.1, 0.15) is 22.4 Å². The number of amides is 3. The molecule has 234 valence electrons. The number of hydrogen-bond acceptors (Lipinski definition) is 6. The van der Waals surface area contributed by atoms with Crippen LogP contribution in [0.2, 0.25) is 20.1 Å². The molecule has 0 N–H and O–H groups in total. The van der Waals surface area contributed by atoms with Crippen molar-refractivity contribution in [3.63, 3.8) is 0 Å². The fraction of sp³-hybridized carbons (Fsp3) is 0.355. The molecule has 0 aliphatic carbocycles. The Morgan fingerprint density at radius 1 is 0.932 bits per heavy atom. The number of carbonyl (C=O) groups is 4. The standard InChI is InChI=1S/C31H31Cl4N3O5S/c1-43-30(41)19-36(11-8-20-4-6-22(32)15-25(20)34)28(39)17-27-31(42)37(12-9-21-5-7-23(33)16-26(21)35)18-29(40)38(27)13-10-24-3-2-14-44-24/h2-7,14-16,27H,8-13,17-19H2,1H3. The van der Waals surface area contributed by atoms with Gasteiger partial charge in [-0.25, -0.2) is 0 Å². The first-order valence-electron chi connectivity index (χ1n) is 13.9. The van der Waals surface area contributed by atoms with E-state index in [1.807, 2.05) is 17.5 Å². The van der Waals surface area contributed by atoms with Crippen LogP contribution >= 0.6 is 57.7 Å². The van der Waals surface area contributed by atoms with Crippen molar-refractivity contribution in [1.29, 1.82) is 0 Å². The van der Waals surface area contributed by atoms with Crippen LogP contribution in [0.3, 0.4) is 0 Å². The summed E-state index contributed by atoms with van der Waals surface area (Å²) in [6.07, 6.45) is 0.995. The molecule has 1 aliphatic heterocycles. The second-order valence-electron chi connectivity index (χ2n) is 10.3. The average Bonchev–Trinajstić information content (AvgIpc) is 3.51.